The van der Waals surface area contributed by atoms with Crippen LogP contribution < -0.4 is 5.73 Å². The third-order valence-electron chi connectivity index (χ3n) is 1.96. The monoisotopic (exact) mass is 248 g/mol. The molecule has 0 heterocycles. The quantitative estimate of drug-likeness (QED) is 0.360. The number of amidine groups is 1. The average molecular weight is 248 g/mol. The maximum atomic E-state index is 13.7. The number of hydrogen-bond acceptors (Lipinski definition) is 3. The summed E-state index contributed by atoms with van der Waals surface area (Å²) in [7, 11) is 0. The van der Waals surface area contributed by atoms with Gasteiger partial charge in [0.25, 0.3) is 6.43 Å². The maximum Gasteiger partial charge on any atom is 0.261 e. The van der Waals surface area contributed by atoms with Crippen molar-refractivity contribution in [2.45, 2.75) is 13.0 Å². The summed E-state index contributed by atoms with van der Waals surface area (Å²) in [5.41, 5.74) is 5.20. The second-order valence-electron chi connectivity index (χ2n) is 3.17. The number of benzene rings is 1. The second-order valence-corrected chi connectivity index (χ2v) is 3.17. The highest BCUT2D eigenvalue weighted by atomic mass is 19.3. The molecule has 1 rings (SSSR count). The number of ether oxygens (including phenoxy) is 1. The van der Waals surface area contributed by atoms with Crippen molar-refractivity contribution in [3.05, 3.63) is 35.1 Å². The number of oxime groups is 1. The number of nitrogens with zero attached hydrogens (tertiary/aromatic N) is 1. The summed E-state index contributed by atoms with van der Waals surface area (Å²) < 4.78 is 41.9. The first-order chi connectivity index (χ1) is 8.06. The SMILES string of the molecule is N/C(=N/O)c1cccc(COCC(F)F)c1F. The Kier molecular flexibility index (Phi) is 4.77. The molecule has 7 heteroatoms. The minimum absolute atomic E-state index is 0.0646. The number of nitrogens with two attached hydrogens (primary N) is 1. The lowest BCUT2D eigenvalue weighted by molar-refractivity contribution is 0.00901. The van der Waals surface area contributed by atoms with Gasteiger partial charge in [-0.05, 0) is 6.07 Å². The molecule has 94 valence electrons. The Hall–Kier alpha value is -1.76. The van der Waals surface area contributed by atoms with E-state index in [9.17, 15) is 13.2 Å². The molecule has 0 spiro atoms. The molecule has 0 fully saturated rings. The summed E-state index contributed by atoms with van der Waals surface area (Å²) in [5, 5.41) is 11.1. The van der Waals surface area contributed by atoms with Gasteiger partial charge in [-0.25, -0.2) is 13.2 Å². The molecule has 3 N–H and O–H groups in total. The fraction of sp³-hybridized carbons (Fsp3) is 0.300. The molecule has 4 nitrogen and oxygen atoms in total. The molecule has 0 aliphatic carbocycles. The third kappa shape index (κ3) is 3.63. The Labute approximate surface area is 95.5 Å². The van der Waals surface area contributed by atoms with Crippen LogP contribution in [-0.2, 0) is 11.3 Å². The van der Waals surface area contributed by atoms with E-state index in [-0.39, 0.29) is 17.7 Å². The molecule has 0 unspecified atom stereocenters. The predicted molar refractivity (Wildman–Crippen MR) is 54.6 cm³/mol. The van der Waals surface area contributed by atoms with E-state index in [0.717, 1.165) is 0 Å². The summed E-state index contributed by atoms with van der Waals surface area (Å²) in [6.45, 7) is -1.07. The Morgan fingerprint density at radius 1 is 1.47 bits per heavy atom. The molecule has 0 aliphatic rings. The summed E-state index contributed by atoms with van der Waals surface area (Å²) in [5.74, 6) is -1.14. The zero-order valence-corrected chi connectivity index (χ0v) is 8.74. The van der Waals surface area contributed by atoms with Gasteiger partial charge in [0.15, 0.2) is 5.84 Å². The average Bonchev–Trinajstić information content (AvgIpc) is 2.30. The first-order valence-electron chi connectivity index (χ1n) is 4.67. The van der Waals surface area contributed by atoms with Crippen LogP contribution in [0.4, 0.5) is 13.2 Å². The molecule has 0 saturated heterocycles. The van der Waals surface area contributed by atoms with Gasteiger partial charge >= 0.3 is 0 Å². The van der Waals surface area contributed by atoms with Crippen LogP contribution >= 0.6 is 0 Å². The Morgan fingerprint density at radius 3 is 2.76 bits per heavy atom. The van der Waals surface area contributed by atoms with Crippen molar-refractivity contribution in [2.75, 3.05) is 6.61 Å². The van der Waals surface area contributed by atoms with Crippen LogP contribution in [0.3, 0.4) is 0 Å². The van der Waals surface area contributed by atoms with E-state index in [1.807, 2.05) is 0 Å². The molecule has 0 saturated carbocycles. The zero-order chi connectivity index (χ0) is 12.8. The molecule has 0 bridgehead atoms. The number of hydrogen-bond donors (Lipinski definition) is 2. The van der Waals surface area contributed by atoms with E-state index >= 15 is 0 Å². The number of alkyl halides is 2. The van der Waals surface area contributed by atoms with E-state index in [0.29, 0.717) is 0 Å². The fourth-order valence-electron chi connectivity index (χ4n) is 1.20. The minimum atomic E-state index is -2.61. The number of rotatable bonds is 5. The van der Waals surface area contributed by atoms with Crippen LogP contribution in [0, 0.1) is 5.82 Å². The predicted octanol–water partition coefficient (Wildman–Crippen LogP) is 1.70. The van der Waals surface area contributed by atoms with E-state index in [2.05, 4.69) is 9.89 Å². The van der Waals surface area contributed by atoms with Gasteiger partial charge in [-0.3, -0.25) is 0 Å². The Balaban J connectivity index is 2.80. The van der Waals surface area contributed by atoms with Crippen LogP contribution in [0.1, 0.15) is 11.1 Å². The summed E-state index contributed by atoms with van der Waals surface area (Å²) >= 11 is 0. The molecule has 17 heavy (non-hydrogen) atoms. The molecular weight excluding hydrogens is 237 g/mol. The highest BCUT2D eigenvalue weighted by Gasteiger charge is 2.12. The maximum absolute atomic E-state index is 13.7. The normalized spacial score (nSPS) is 12.1. The molecule has 1 aromatic rings. The topological polar surface area (TPSA) is 67.8 Å². The lowest BCUT2D eigenvalue weighted by Gasteiger charge is -2.07. The van der Waals surface area contributed by atoms with Crippen molar-refractivity contribution in [3.8, 4) is 0 Å². The highest BCUT2D eigenvalue weighted by molar-refractivity contribution is 5.97. The van der Waals surface area contributed by atoms with Gasteiger partial charge in [-0.15, -0.1) is 0 Å². The number of halogens is 3. The van der Waals surface area contributed by atoms with Crippen LogP contribution in [0.25, 0.3) is 0 Å². The van der Waals surface area contributed by atoms with E-state index < -0.39 is 24.7 Å². The lowest BCUT2D eigenvalue weighted by atomic mass is 10.1. The van der Waals surface area contributed by atoms with Gasteiger partial charge in [0.2, 0.25) is 0 Å². The van der Waals surface area contributed by atoms with E-state index in [1.165, 1.54) is 18.2 Å². The van der Waals surface area contributed by atoms with Crippen molar-refractivity contribution < 1.29 is 23.1 Å². The minimum Gasteiger partial charge on any atom is -0.409 e. The highest BCUT2D eigenvalue weighted by Crippen LogP contribution is 2.14. The molecule has 0 aliphatic heterocycles. The molecule has 0 aromatic heterocycles. The summed E-state index contributed by atoms with van der Waals surface area (Å²) in [4.78, 5) is 0. The van der Waals surface area contributed by atoms with Crippen molar-refractivity contribution in [2.24, 2.45) is 10.9 Å². The first kappa shape index (κ1) is 13.3. The molecule has 0 amide bonds. The Morgan fingerprint density at radius 2 is 2.18 bits per heavy atom. The van der Waals surface area contributed by atoms with Crippen LogP contribution in [0.15, 0.2) is 23.4 Å². The first-order valence-corrected chi connectivity index (χ1v) is 4.67. The van der Waals surface area contributed by atoms with Crippen molar-refractivity contribution in [1.29, 1.82) is 0 Å². The van der Waals surface area contributed by atoms with E-state index in [4.69, 9.17) is 10.9 Å². The van der Waals surface area contributed by atoms with Crippen LogP contribution in [-0.4, -0.2) is 24.1 Å². The third-order valence-corrected chi connectivity index (χ3v) is 1.96. The van der Waals surface area contributed by atoms with Crippen molar-refractivity contribution in [1.82, 2.24) is 0 Å². The summed E-state index contributed by atoms with van der Waals surface area (Å²) in [6.07, 6.45) is -2.61. The lowest BCUT2D eigenvalue weighted by Crippen LogP contribution is -2.16. The van der Waals surface area contributed by atoms with Gasteiger partial charge in [-0.2, -0.15) is 0 Å². The Bertz CT molecular complexity index is 411. The smallest absolute Gasteiger partial charge is 0.261 e. The largest absolute Gasteiger partial charge is 0.409 e. The van der Waals surface area contributed by atoms with Crippen molar-refractivity contribution in [3.63, 3.8) is 0 Å². The second kappa shape index (κ2) is 6.09. The molecule has 0 radical (unpaired) electrons. The van der Waals surface area contributed by atoms with Crippen molar-refractivity contribution >= 4 is 5.84 Å². The van der Waals surface area contributed by atoms with E-state index in [1.54, 1.807) is 0 Å². The summed E-state index contributed by atoms with van der Waals surface area (Å²) in [6, 6.07) is 4.13. The van der Waals surface area contributed by atoms with Crippen LogP contribution in [0.5, 0.6) is 0 Å². The van der Waals surface area contributed by atoms with Gasteiger partial charge in [-0.1, -0.05) is 17.3 Å². The fourth-order valence-corrected chi connectivity index (χ4v) is 1.20. The zero-order valence-electron chi connectivity index (χ0n) is 8.74. The molecule has 0 atom stereocenters. The van der Waals surface area contributed by atoms with Crippen LogP contribution in [0.2, 0.25) is 0 Å². The molecule has 1 aromatic carbocycles. The van der Waals surface area contributed by atoms with Gasteiger partial charge < -0.3 is 15.7 Å². The van der Waals surface area contributed by atoms with Gasteiger partial charge in [0.1, 0.15) is 12.4 Å². The van der Waals surface area contributed by atoms with Gasteiger partial charge in [0.05, 0.1) is 12.2 Å². The standard InChI is InChI=1S/C10H11F3N2O2/c11-8(12)5-17-4-6-2-1-3-7(9(6)13)10(14)15-16/h1-3,8,16H,4-5H2,(H2,14,15). The molecular formula is C10H11F3N2O2. The van der Waals surface area contributed by atoms with Gasteiger partial charge in [0, 0.05) is 5.56 Å².